The summed E-state index contributed by atoms with van der Waals surface area (Å²) in [5.41, 5.74) is 1.87. The number of aromatic amines is 1. The van der Waals surface area contributed by atoms with Gasteiger partial charge in [-0.3, -0.25) is 4.79 Å². The largest absolute Gasteiger partial charge is 0.360 e. The van der Waals surface area contributed by atoms with Gasteiger partial charge in [-0.25, -0.2) is 0 Å². The lowest BCUT2D eigenvalue weighted by Gasteiger charge is -2.22. The van der Waals surface area contributed by atoms with Crippen molar-refractivity contribution in [3.05, 3.63) is 36.0 Å². The van der Waals surface area contributed by atoms with Crippen molar-refractivity contribution in [3.63, 3.8) is 0 Å². The van der Waals surface area contributed by atoms with E-state index in [1.165, 1.54) is 12.8 Å². The number of H-pyrrole nitrogens is 1. The minimum absolute atomic E-state index is 0.242. The highest BCUT2D eigenvalue weighted by atomic mass is 16.1. The van der Waals surface area contributed by atoms with E-state index >= 15 is 0 Å². The second kappa shape index (κ2) is 4.94. The Bertz CT molecular complexity index is 552. The van der Waals surface area contributed by atoms with E-state index in [0.717, 1.165) is 29.4 Å². The lowest BCUT2D eigenvalue weighted by Crippen LogP contribution is -2.35. The van der Waals surface area contributed by atoms with E-state index in [1.54, 1.807) is 0 Å². The maximum Gasteiger partial charge on any atom is 0.166 e. The first-order valence-corrected chi connectivity index (χ1v) is 6.67. The molecule has 3 heteroatoms. The molecule has 1 aromatic heterocycles. The quantitative estimate of drug-likeness (QED) is 0.813. The van der Waals surface area contributed by atoms with Crippen LogP contribution in [0.15, 0.2) is 30.5 Å². The fourth-order valence-corrected chi connectivity index (χ4v) is 2.73. The van der Waals surface area contributed by atoms with Crippen LogP contribution in [0.5, 0.6) is 0 Å². The normalized spacial score (nSPS) is 20.1. The fourth-order valence-electron chi connectivity index (χ4n) is 2.73. The van der Waals surface area contributed by atoms with Crippen molar-refractivity contribution >= 4 is 16.7 Å². The lowest BCUT2D eigenvalue weighted by atomic mass is 9.97. The summed E-state index contributed by atoms with van der Waals surface area (Å²) in [6.45, 7) is 1.05. The number of para-hydroxylation sites is 1. The van der Waals surface area contributed by atoms with E-state index < -0.39 is 0 Å². The maximum absolute atomic E-state index is 12.3. The van der Waals surface area contributed by atoms with Gasteiger partial charge in [0.25, 0.3) is 0 Å². The zero-order chi connectivity index (χ0) is 12.4. The second-order valence-electron chi connectivity index (χ2n) is 5.02. The maximum atomic E-state index is 12.3. The van der Waals surface area contributed by atoms with Gasteiger partial charge in [-0.15, -0.1) is 0 Å². The van der Waals surface area contributed by atoms with Crippen LogP contribution in [0.4, 0.5) is 0 Å². The third kappa shape index (κ3) is 2.18. The molecule has 1 unspecified atom stereocenters. The van der Waals surface area contributed by atoms with E-state index in [2.05, 4.69) is 10.3 Å². The molecule has 0 spiro atoms. The number of ketones is 1. The number of nitrogens with one attached hydrogen (secondary N) is 2. The zero-order valence-corrected chi connectivity index (χ0v) is 10.4. The molecular formula is C15H18N2O. The lowest BCUT2D eigenvalue weighted by molar-refractivity contribution is 0.0965. The summed E-state index contributed by atoms with van der Waals surface area (Å²) in [4.78, 5) is 15.5. The summed E-state index contributed by atoms with van der Waals surface area (Å²) in [7, 11) is 0. The number of hydrogen-bond donors (Lipinski definition) is 2. The van der Waals surface area contributed by atoms with Crippen LogP contribution in [-0.4, -0.2) is 23.4 Å². The molecule has 1 aromatic carbocycles. The number of Topliss-reactive ketones (excluding diaryl/α,β-unsaturated/α-hetero) is 1. The molecule has 1 fully saturated rings. The monoisotopic (exact) mass is 242 g/mol. The minimum atomic E-state index is 0.242. The summed E-state index contributed by atoms with van der Waals surface area (Å²) < 4.78 is 0. The van der Waals surface area contributed by atoms with E-state index in [-0.39, 0.29) is 5.78 Å². The van der Waals surface area contributed by atoms with Gasteiger partial charge in [0.15, 0.2) is 5.78 Å². The fraction of sp³-hybridized carbons (Fsp3) is 0.400. The summed E-state index contributed by atoms with van der Waals surface area (Å²) in [6, 6.07) is 8.33. The number of benzene rings is 1. The summed E-state index contributed by atoms with van der Waals surface area (Å²) >= 11 is 0. The van der Waals surface area contributed by atoms with E-state index in [1.807, 2.05) is 30.5 Å². The average molecular weight is 242 g/mol. The highest BCUT2D eigenvalue weighted by Gasteiger charge is 2.19. The number of fused-ring (bicyclic) bond motifs is 1. The highest BCUT2D eigenvalue weighted by molar-refractivity contribution is 6.08. The molecule has 2 N–H and O–H groups in total. The first-order chi connectivity index (χ1) is 8.84. The summed E-state index contributed by atoms with van der Waals surface area (Å²) in [5, 5.41) is 4.47. The van der Waals surface area contributed by atoms with Crippen molar-refractivity contribution in [2.45, 2.75) is 31.7 Å². The van der Waals surface area contributed by atoms with Crippen molar-refractivity contribution in [1.29, 1.82) is 0 Å². The van der Waals surface area contributed by atoms with Gasteiger partial charge >= 0.3 is 0 Å². The molecule has 1 aliphatic rings. The van der Waals surface area contributed by atoms with E-state index in [9.17, 15) is 4.79 Å². The predicted molar refractivity (Wildman–Crippen MR) is 72.9 cm³/mol. The topological polar surface area (TPSA) is 44.9 Å². The predicted octanol–water partition coefficient (Wildman–Crippen LogP) is 2.88. The minimum Gasteiger partial charge on any atom is -0.360 e. The molecule has 0 radical (unpaired) electrons. The van der Waals surface area contributed by atoms with Crippen LogP contribution in [-0.2, 0) is 0 Å². The Balaban J connectivity index is 1.79. The Morgan fingerprint density at radius 1 is 1.28 bits per heavy atom. The Labute approximate surface area is 107 Å². The van der Waals surface area contributed by atoms with Crippen LogP contribution in [0.3, 0.4) is 0 Å². The van der Waals surface area contributed by atoms with Gasteiger partial charge < -0.3 is 10.3 Å². The van der Waals surface area contributed by atoms with Crippen molar-refractivity contribution in [3.8, 4) is 0 Å². The first-order valence-electron chi connectivity index (χ1n) is 6.67. The van der Waals surface area contributed by atoms with Crippen LogP contribution in [0.2, 0.25) is 0 Å². The van der Waals surface area contributed by atoms with E-state index in [4.69, 9.17) is 0 Å². The molecule has 0 saturated carbocycles. The van der Waals surface area contributed by atoms with Crippen molar-refractivity contribution in [2.24, 2.45) is 0 Å². The highest BCUT2D eigenvalue weighted by Crippen LogP contribution is 2.21. The molecule has 0 aliphatic carbocycles. The van der Waals surface area contributed by atoms with Gasteiger partial charge in [-0.2, -0.15) is 0 Å². The molecule has 1 atom stereocenters. The number of rotatable bonds is 3. The molecular weight excluding hydrogens is 224 g/mol. The molecule has 1 saturated heterocycles. The molecule has 2 heterocycles. The molecule has 1 aliphatic heterocycles. The third-order valence-electron chi connectivity index (χ3n) is 3.73. The Hall–Kier alpha value is -1.61. The van der Waals surface area contributed by atoms with Gasteiger partial charge in [-0.1, -0.05) is 24.6 Å². The van der Waals surface area contributed by atoms with Crippen molar-refractivity contribution in [2.75, 3.05) is 6.54 Å². The van der Waals surface area contributed by atoms with Gasteiger partial charge in [0.05, 0.1) is 0 Å². The molecule has 2 aromatic rings. The SMILES string of the molecule is O=C(CC1CCCCN1)c1c[nH]c2ccccc12. The Morgan fingerprint density at radius 3 is 3.00 bits per heavy atom. The standard InChI is InChI=1S/C15H18N2O/c18-15(9-11-5-3-4-8-16-11)13-10-17-14-7-2-1-6-12(13)14/h1-2,6-7,10-11,16-17H,3-5,8-9H2. The molecule has 3 rings (SSSR count). The number of carbonyl (C=O) groups is 1. The zero-order valence-electron chi connectivity index (χ0n) is 10.4. The first kappa shape index (κ1) is 11.5. The van der Waals surface area contributed by atoms with Crippen LogP contribution in [0, 0.1) is 0 Å². The summed E-state index contributed by atoms with van der Waals surface area (Å²) in [5.74, 6) is 0.242. The molecule has 0 amide bonds. The third-order valence-corrected chi connectivity index (χ3v) is 3.73. The Kier molecular flexibility index (Phi) is 3.15. The van der Waals surface area contributed by atoms with Crippen LogP contribution in [0.25, 0.3) is 10.9 Å². The molecule has 94 valence electrons. The van der Waals surface area contributed by atoms with Gasteiger partial charge in [-0.05, 0) is 25.5 Å². The summed E-state index contributed by atoms with van der Waals surface area (Å²) in [6.07, 6.45) is 6.04. The van der Waals surface area contributed by atoms with Gasteiger partial charge in [0.1, 0.15) is 0 Å². The van der Waals surface area contributed by atoms with Crippen LogP contribution in [0.1, 0.15) is 36.0 Å². The van der Waals surface area contributed by atoms with Crippen LogP contribution >= 0.6 is 0 Å². The number of carbonyl (C=O) groups excluding carboxylic acids is 1. The smallest absolute Gasteiger partial charge is 0.166 e. The van der Waals surface area contributed by atoms with Gasteiger partial charge in [0, 0.05) is 35.1 Å². The Morgan fingerprint density at radius 2 is 2.17 bits per heavy atom. The number of aromatic nitrogens is 1. The van der Waals surface area contributed by atoms with E-state index in [0.29, 0.717) is 12.5 Å². The molecule has 0 bridgehead atoms. The van der Waals surface area contributed by atoms with Crippen LogP contribution < -0.4 is 5.32 Å². The molecule has 18 heavy (non-hydrogen) atoms. The second-order valence-corrected chi connectivity index (χ2v) is 5.02. The number of hydrogen-bond acceptors (Lipinski definition) is 2. The van der Waals surface area contributed by atoms with Crippen molar-refractivity contribution < 1.29 is 4.79 Å². The molecule has 3 nitrogen and oxygen atoms in total. The van der Waals surface area contributed by atoms with Crippen molar-refractivity contribution in [1.82, 2.24) is 10.3 Å². The van der Waals surface area contributed by atoms with Gasteiger partial charge in [0.2, 0.25) is 0 Å². The average Bonchev–Trinajstić information content (AvgIpc) is 2.84. The number of piperidine rings is 1.